The number of nitrogens with zero attached hydrogens (tertiary/aromatic N) is 3. The Morgan fingerprint density at radius 3 is 2.56 bits per heavy atom. The fourth-order valence-electron chi connectivity index (χ4n) is 1.47. The minimum atomic E-state index is -4.55. The molecule has 0 aliphatic carbocycles. The highest BCUT2D eigenvalue weighted by Gasteiger charge is 2.33. The Labute approximate surface area is 102 Å². The zero-order valence-electron chi connectivity index (χ0n) is 9.70. The number of aromatic nitrogens is 1. The van der Waals surface area contributed by atoms with Crippen LogP contribution in [0.25, 0.3) is 0 Å². The summed E-state index contributed by atoms with van der Waals surface area (Å²) in [4.78, 5) is 4.90. The van der Waals surface area contributed by atoms with Gasteiger partial charge in [-0.05, 0) is 19.1 Å². The quantitative estimate of drug-likeness (QED) is 0.895. The van der Waals surface area contributed by atoms with E-state index in [4.69, 9.17) is 10.4 Å². The van der Waals surface area contributed by atoms with Crippen molar-refractivity contribution < 1.29 is 18.3 Å². The first kappa shape index (κ1) is 14.3. The number of aliphatic hydroxyl groups is 1. The lowest BCUT2D eigenvalue weighted by atomic mass is 10.2. The Morgan fingerprint density at radius 1 is 1.44 bits per heavy atom. The second-order valence-electron chi connectivity index (χ2n) is 3.48. The van der Waals surface area contributed by atoms with E-state index in [0.717, 1.165) is 12.1 Å². The normalized spacial score (nSPS) is 11.1. The van der Waals surface area contributed by atoms with E-state index in [2.05, 4.69) is 4.98 Å². The first-order valence-corrected chi connectivity index (χ1v) is 5.28. The van der Waals surface area contributed by atoms with Gasteiger partial charge in [-0.25, -0.2) is 4.98 Å². The fraction of sp³-hybridized carbons (Fsp3) is 0.455. The molecule has 1 heterocycles. The molecule has 0 aliphatic heterocycles. The van der Waals surface area contributed by atoms with Crippen LogP contribution in [0.1, 0.15) is 18.2 Å². The largest absolute Gasteiger partial charge is 0.433 e. The molecule has 0 bridgehead atoms. The predicted octanol–water partition coefficient (Wildman–Crippen LogP) is 1.79. The van der Waals surface area contributed by atoms with Gasteiger partial charge in [0.25, 0.3) is 0 Å². The molecule has 0 saturated carbocycles. The predicted molar refractivity (Wildman–Crippen MR) is 58.9 cm³/mol. The summed E-state index contributed by atoms with van der Waals surface area (Å²) in [5.41, 5.74) is -0.994. The lowest BCUT2D eigenvalue weighted by Gasteiger charge is -2.22. The van der Waals surface area contributed by atoms with Crippen molar-refractivity contribution >= 4 is 5.82 Å². The van der Waals surface area contributed by atoms with Gasteiger partial charge in [-0.2, -0.15) is 18.4 Å². The number of anilines is 1. The molecule has 1 rings (SSSR count). The van der Waals surface area contributed by atoms with Gasteiger partial charge in [0.15, 0.2) is 0 Å². The summed E-state index contributed by atoms with van der Waals surface area (Å²) in [6, 6.07) is 3.66. The summed E-state index contributed by atoms with van der Waals surface area (Å²) in [6.07, 6.45) is -4.55. The number of hydrogen-bond donors (Lipinski definition) is 1. The summed E-state index contributed by atoms with van der Waals surface area (Å²) in [5, 5.41) is 17.7. The smallest absolute Gasteiger partial charge is 0.395 e. The molecule has 0 saturated heterocycles. The molecule has 0 radical (unpaired) electrons. The van der Waals surface area contributed by atoms with Crippen molar-refractivity contribution in [2.45, 2.75) is 13.1 Å². The maximum Gasteiger partial charge on any atom is 0.433 e. The van der Waals surface area contributed by atoms with Gasteiger partial charge in [0.1, 0.15) is 17.6 Å². The average Bonchev–Trinajstić information content (AvgIpc) is 2.34. The Kier molecular flexibility index (Phi) is 4.50. The van der Waals surface area contributed by atoms with Crippen LogP contribution >= 0.6 is 0 Å². The van der Waals surface area contributed by atoms with Crippen molar-refractivity contribution in [2.75, 3.05) is 24.6 Å². The van der Waals surface area contributed by atoms with Gasteiger partial charge in [0.2, 0.25) is 0 Å². The third kappa shape index (κ3) is 3.11. The SMILES string of the molecule is CCN(CCO)c1nc(C(F)(F)F)ccc1C#N. The number of likely N-dealkylation sites (N-methyl/N-ethyl adjacent to an activating group) is 1. The molecular weight excluding hydrogens is 247 g/mol. The zero-order chi connectivity index (χ0) is 13.8. The van der Waals surface area contributed by atoms with E-state index in [9.17, 15) is 13.2 Å². The van der Waals surface area contributed by atoms with Crippen molar-refractivity contribution in [2.24, 2.45) is 0 Å². The first-order chi connectivity index (χ1) is 8.43. The third-order valence-corrected chi connectivity index (χ3v) is 2.34. The topological polar surface area (TPSA) is 60.1 Å². The minimum Gasteiger partial charge on any atom is -0.395 e. The van der Waals surface area contributed by atoms with E-state index in [1.807, 2.05) is 0 Å². The van der Waals surface area contributed by atoms with Crippen molar-refractivity contribution in [3.63, 3.8) is 0 Å². The second kappa shape index (κ2) is 5.69. The van der Waals surface area contributed by atoms with Crippen LogP contribution in [-0.2, 0) is 6.18 Å². The van der Waals surface area contributed by atoms with Crippen LogP contribution < -0.4 is 4.90 Å². The van der Waals surface area contributed by atoms with Crippen LogP contribution in [0.5, 0.6) is 0 Å². The number of hydrogen-bond acceptors (Lipinski definition) is 4. The molecule has 1 aromatic heterocycles. The van der Waals surface area contributed by atoms with Gasteiger partial charge in [-0.15, -0.1) is 0 Å². The zero-order valence-corrected chi connectivity index (χ0v) is 9.70. The standard InChI is InChI=1S/C11H12F3N3O/c1-2-17(5-6-18)10-8(7-15)3-4-9(16-10)11(12,13)14/h3-4,18H,2,5-6H2,1H3. The molecule has 1 N–H and O–H groups in total. The first-order valence-electron chi connectivity index (χ1n) is 5.28. The van der Waals surface area contributed by atoms with Crippen LogP contribution in [0.2, 0.25) is 0 Å². The van der Waals surface area contributed by atoms with Crippen molar-refractivity contribution in [1.29, 1.82) is 5.26 Å². The Bertz CT molecular complexity index is 454. The number of nitriles is 1. The Balaban J connectivity index is 3.26. The van der Waals surface area contributed by atoms with Gasteiger partial charge in [0.05, 0.1) is 12.2 Å². The number of aliphatic hydroxyl groups excluding tert-OH is 1. The summed E-state index contributed by atoms with van der Waals surface area (Å²) in [6.45, 7) is 1.96. The van der Waals surface area contributed by atoms with Crippen molar-refractivity contribution in [1.82, 2.24) is 4.98 Å². The van der Waals surface area contributed by atoms with Gasteiger partial charge < -0.3 is 10.0 Å². The number of pyridine rings is 1. The molecule has 1 aromatic rings. The summed E-state index contributed by atoms with van der Waals surface area (Å²) < 4.78 is 37.6. The van der Waals surface area contributed by atoms with Gasteiger partial charge >= 0.3 is 6.18 Å². The number of halogens is 3. The lowest BCUT2D eigenvalue weighted by Crippen LogP contribution is -2.28. The second-order valence-corrected chi connectivity index (χ2v) is 3.48. The number of rotatable bonds is 4. The molecule has 4 nitrogen and oxygen atoms in total. The lowest BCUT2D eigenvalue weighted by molar-refractivity contribution is -0.141. The van der Waals surface area contributed by atoms with Crippen molar-refractivity contribution in [3.8, 4) is 6.07 Å². The molecule has 0 fully saturated rings. The van der Waals surface area contributed by atoms with E-state index < -0.39 is 11.9 Å². The summed E-state index contributed by atoms with van der Waals surface area (Å²) >= 11 is 0. The Morgan fingerprint density at radius 2 is 2.11 bits per heavy atom. The summed E-state index contributed by atoms with van der Waals surface area (Å²) in [5.74, 6) is -0.0520. The van der Waals surface area contributed by atoms with Crippen LogP contribution in [0.4, 0.5) is 19.0 Å². The number of alkyl halides is 3. The van der Waals surface area contributed by atoms with Gasteiger partial charge in [-0.3, -0.25) is 0 Å². The van der Waals surface area contributed by atoms with Gasteiger partial charge in [0, 0.05) is 13.1 Å². The minimum absolute atomic E-state index is 0.0520. The maximum atomic E-state index is 12.5. The van der Waals surface area contributed by atoms with Crippen LogP contribution in [0.15, 0.2) is 12.1 Å². The summed E-state index contributed by atoms with van der Waals surface area (Å²) in [7, 11) is 0. The third-order valence-electron chi connectivity index (χ3n) is 2.34. The van der Waals surface area contributed by atoms with Gasteiger partial charge in [-0.1, -0.05) is 0 Å². The van der Waals surface area contributed by atoms with E-state index in [1.54, 1.807) is 13.0 Å². The highest BCUT2D eigenvalue weighted by molar-refractivity contribution is 5.54. The van der Waals surface area contributed by atoms with Crippen LogP contribution in [0.3, 0.4) is 0 Å². The molecule has 7 heteroatoms. The molecule has 0 amide bonds. The molecule has 0 aromatic carbocycles. The monoisotopic (exact) mass is 259 g/mol. The highest BCUT2D eigenvalue weighted by Crippen LogP contribution is 2.30. The molecule has 98 valence electrons. The van der Waals surface area contributed by atoms with E-state index >= 15 is 0 Å². The van der Waals surface area contributed by atoms with E-state index in [1.165, 1.54) is 4.90 Å². The van der Waals surface area contributed by atoms with Crippen molar-refractivity contribution in [3.05, 3.63) is 23.4 Å². The van der Waals surface area contributed by atoms with Crippen LogP contribution in [-0.4, -0.2) is 29.8 Å². The maximum absolute atomic E-state index is 12.5. The van der Waals surface area contributed by atoms with E-state index in [-0.39, 0.29) is 24.5 Å². The Hall–Kier alpha value is -1.81. The molecule has 18 heavy (non-hydrogen) atoms. The highest BCUT2D eigenvalue weighted by atomic mass is 19.4. The molecule has 0 aliphatic rings. The van der Waals surface area contributed by atoms with Crippen LogP contribution in [0, 0.1) is 11.3 Å². The molecule has 0 spiro atoms. The molecule has 0 atom stereocenters. The average molecular weight is 259 g/mol. The van der Waals surface area contributed by atoms with E-state index in [0.29, 0.717) is 6.54 Å². The molecular formula is C11H12F3N3O. The fourth-order valence-corrected chi connectivity index (χ4v) is 1.47. The molecule has 0 unspecified atom stereocenters.